The van der Waals surface area contributed by atoms with Crippen LogP contribution in [0.25, 0.3) is 5.69 Å². The van der Waals surface area contributed by atoms with Crippen LogP contribution in [0.4, 0.5) is 0 Å². The molecule has 1 aliphatic heterocycles. The van der Waals surface area contributed by atoms with Crippen molar-refractivity contribution in [2.75, 3.05) is 13.1 Å². The van der Waals surface area contributed by atoms with Gasteiger partial charge in [0.15, 0.2) is 5.69 Å². The highest BCUT2D eigenvalue weighted by Gasteiger charge is 2.31. The number of amides is 2. The second-order valence-electron chi connectivity index (χ2n) is 8.44. The molecule has 150 valence electrons. The highest BCUT2D eigenvalue weighted by atomic mass is 16.2. The molecule has 3 rings (SSSR count). The first kappa shape index (κ1) is 20.0. The SMILES string of the molecule is CCCc1c(C(=O)NC2CN(C(C)=O)C2)nnn1-c1ccc(C(C)(C)C)cc1. The molecule has 1 aromatic carbocycles. The van der Waals surface area contributed by atoms with E-state index in [0.29, 0.717) is 25.2 Å². The lowest BCUT2D eigenvalue weighted by atomic mass is 9.87. The number of hydrogen-bond donors (Lipinski definition) is 1. The van der Waals surface area contributed by atoms with Crippen molar-refractivity contribution < 1.29 is 9.59 Å². The Kier molecular flexibility index (Phi) is 5.54. The Hall–Kier alpha value is -2.70. The monoisotopic (exact) mass is 383 g/mol. The van der Waals surface area contributed by atoms with Crippen LogP contribution in [0.3, 0.4) is 0 Å². The Morgan fingerprint density at radius 1 is 1.18 bits per heavy atom. The van der Waals surface area contributed by atoms with Crippen molar-refractivity contribution in [2.45, 2.75) is 58.9 Å². The number of nitrogens with zero attached hydrogens (tertiary/aromatic N) is 4. The molecule has 1 N–H and O–H groups in total. The molecule has 7 heteroatoms. The molecule has 0 saturated carbocycles. The van der Waals surface area contributed by atoms with E-state index in [1.807, 2.05) is 12.1 Å². The molecule has 1 saturated heterocycles. The number of carbonyl (C=O) groups is 2. The molecular formula is C21H29N5O2. The van der Waals surface area contributed by atoms with Crippen LogP contribution >= 0.6 is 0 Å². The number of nitrogens with one attached hydrogen (secondary N) is 1. The molecule has 1 fully saturated rings. The lowest BCUT2D eigenvalue weighted by molar-refractivity contribution is -0.133. The van der Waals surface area contributed by atoms with Gasteiger partial charge in [0.05, 0.1) is 17.4 Å². The molecule has 1 aromatic heterocycles. The number of carbonyl (C=O) groups excluding carboxylic acids is 2. The summed E-state index contributed by atoms with van der Waals surface area (Å²) in [5, 5.41) is 11.4. The first-order chi connectivity index (χ1) is 13.2. The van der Waals surface area contributed by atoms with Crippen molar-refractivity contribution in [1.29, 1.82) is 0 Å². The third-order valence-electron chi connectivity index (χ3n) is 5.11. The normalized spacial score (nSPS) is 14.7. The zero-order valence-electron chi connectivity index (χ0n) is 17.3. The van der Waals surface area contributed by atoms with Gasteiger partial charge in [-0.15, -0.1) is 5.10 Å². The van der Waals surface area contributed by atoms with Crippen LogP contribution in [0.15, 0.2) is 24.3 Å². The average molecular weight is 383 g/mol. The van der Waals surface area contributed by atoms with Gasteiger partial charge in [0.1, 0.15) is 0 Å². The van der Waals surface area contributed by atoms with Gasteiger partial charge in [0.2, 0.25) is 5.91 Å². The predicted octanol–water partition coefficient (Wildman–Crippen LogP) is 2.48. The predicted molar refractivity (Wildman–Crippen MR) is 108 cm³/mol. The van der Waals surface area contributed by atoms with Crippen molar-refractivity contribution in [3.8, 4) is 5.69 Å². The summed E-state index contributed by atoms with van der Waals surface area (Å²) < 4.78 is 1.76. The van der Waals surface area contributed by atoms with Gasteiger partial charge in [-0.05, 0) is 29.5 Å². The molecule has 2 heterocycles. The largest absolute Gasteiger partial charge is 0.344 e. The van der Waals surface area contributed by atoms with Gasteiger partial charge in [-0.2, -0.15) is 0 Å². The minimum atomic E-state index is -0.228. The Morgan fingerprint density at radius 3 is 2.36 bits per heavy atom. The molecule has 2 aromatic rings. The van der Waals surface area contributed by atoms with Crippen LogP contribution in [0.1, 0.15) is 62.8 Å². The smallest absolute Gasteiger partial charge is 0.274 e. The zero-order chi connectivity index (χ0) is 20.5. The van der Waals surface area contributed by atoms with Crippen LogP contribution in [-0.2, 0) is 16.6 Å². The maximum absolute atomic E-state index is 12.7. The molecule has 0 bridgehead atoms. The van der Waals surface area contributed by atoms with Gasteiger partial charge in [0.25, 0.3) is 5.91 Å². The van der Waals surface area contributed by atoms with E-state index in [2.05, 4.69) is 55.5 Å². The number of aromatic nitrogens is 3. The van der Waals surface area contributed by atoms with Crippen molar-refractivity contribution in [3.05, 3.63) is 41.2 Å². The molecular weight excluding hydrogens is 354 g/mol. The first-order valence-electron chi connectivity index (χ1n) is 9.82. The summed E-state index contributed by atoms with van der Waals surface area (Å²) in [6.45, 7) is 11.2. The van der Waals surface area contributed by atoms with E-state index in [9.17, 15) is 9.59 Å². The number of hydrogen-bond acceptors (Lipinski definition) is 4. The standard InChI is InChI=1S/C21H29N5O2/c1-6-7-18-19(20(28)22-16-12-25(13-16)14(2)27)23-24-26(18)17-10-8-15(9-11-17)21(3,4)5/h8-11,16H,6-7,12-13H2,1-5H3,(H,22,28). The van der Waals surface area contributed by atoms with Crippen molar-refractivity contribution in [3.63, 3.8) is 0 Å². The van der Waals surface area contributed by atoms with E-state index in [0.717, 1.165) is 17.8 Å². The van der Waals surface area contributed by atoms with Crippen LogP contribution in [0, 0.1) is 0 Å². The van der Waals surface area contributed by atoms with Gasteiger partial charge < -0.3 is 10.2 Å². The Balaban J connectivity index is 1.80. The third-order valence-corrected chi connectivity index (χ3v) is 5.11. The maximum atomic E-state index is 12.7. The second kappa shape index (κ2) is 7.73. The van der Waals surface area contributed by atoms with Crippen LogP contribution in [0.5, 0.6) is 0 Å². The van der Waals surface area contributed by atoms with Gasteiger partial charge >= 0.3 is 0 Å². The van der Waals surface area contributed by atoms with Gasteiger partial charge in [-0.3, -0.25) is 9.59 Å². The van der Waals surface area contributed by atoms with Crippen molar-refractivity contribution >= 4 is 11.8 Å². The average Bonchev–Trinajstić information content (AvgIpc) is 3.00. The van der Waals surface area contributed by atoms with E-state index < -0.39 is 0 Å². The minimum absolute atomic E-state index is 0.0258. The molecule has 0 aliphatic carbocycles. The summed E-state index contributed by atoms with van der Waals surface area (Å²) in [6, 6.07) is 8.20. The summed E-state index contributed by atoms with van der Waals surface area (Å²) in [7, 11) is 0. The summed E-state index contributed by atoms with van der Waals surface area (Å²) in [4.78, 5) is 25.7. The zero-order valence-corrected chi connectivity index (χ0v) is 17.3. The third kappa shape index (κ3) is 4.08. The van der Waals surface area contributed by atoms with Gasteiger partial charge in [0, 0.05) is 20.0 Å². The highest BCUT2D eigenvalue weighted by Crippen LogP contribution is 2.24. The lowest BCUT2D eigenvalue weighted by Gasteiger charge is -2.38. The van der Waals surface area contributed by atoms with Crippen molar-refractivity contribution in [2.24, 2.45) is 0 Å². The fourth-order valence-corrected chi connectivity index (χ4v) is 3.33. The van der Waals surface area contributed by atoms with E-state index in [1.54, 1.807) is 9.58 Å². The molecule has 0 radical (unpaired) electrons. The van der Waals surface area contributed by atoms with Crippen molar-refractivity contribution in [1.82, 2.24) is 25.2 Å². The number of likely N-dealkylation sites (tertiary alicyclic amines) is 1. The van der Waals surface area contributed by atoms with E-state index in [4.69, 9.17) is 0 Å². The summed E-state index contributed by atoms with van der Waals surface area (Å²) in [6.07, 6.45) is 1.59. The fourth-order valence-electron chi connectivity index (χ4n) is 3.33. The molecule has 28 heavy (non-hydrogen) atoms. The molecule has 0 unspecified atom stereocenters. The Labute approximate surface area is 166 Å². The van der Waals surface area contributed by atoms with Crippen LogP contribution in [-0.4, -0.2) is 50.8 Å². The Bertz CT molecular complexity index is 858. The molecule has 0 spiro atoms. The lowest BCUT2D eigenvalue weighted by Crippen LogP contribution is -2.60. The van der Waals surface area contributed by atoms with Gasteiger partial charge in [-0.25, -0.2) is 4.68 Å². The minimum Gasteiger partial charge on any atom is -0.344 e. The second-order valence-corrected chi connectivity index (χ2v) is 8.44. The van der Waals surface area contributed by atoms with E-state index in [1.165, 1.54) is 12.5 Å². The summed E-state index contributed by atoms with van der Waals surface area (Å²) in [5.74, 6) is -0.198. The maximum Gasteiger partial charge on any atom is 0.274 e. The fraction of sp³-hybridized carbons (Fsp3) is 0.524. The molecule has 7 nitrogen and oxygen atoms in total. The number of benzene rings is 1. The molecule has 1 aliphatic rings. The summed E-state index contributed by atoms with van der Waals surface area (Å²) in [5.41, 5.74) is 3.39. The van der Waals surface area contributed by atoms with E-state index >= 15 is 0 Å². The van der Waals surface area contributed by atoms with Gasteiger partial charge in [-0.1, -0.05) is 51.5 Å². The van der Waals surface area contributed by atoms with Crippen LogP contribution in [0.2, 0.25) is 0 Å². The first-order valence-corrected chi connectivity index (χ1v) is 9.82. The van der Waals surface area contributed by atoms with E-state index in [-0.39, 0.29) is 23.3 Å². The summed E-state index contributed by atoms with van der Waals surface area (Å²) >= 11 is 0. The quantitative estimate of drug-likeness (QED) is 0.860. The Morgan fingerprint density at radius 2 is 1.82 bits per heavy atom. The molecule has 2 amide bonds. The van der Waals surface area contributed by atoms with Crippen LogP contribution < -0.4 is 5.32 Å². The molecule has 0 atom stereocenters. The topological polar surface area (TPSA) is 80.1 Å². The number of rotatable bonds is 5. The highest BCUT2D eigenvalue weighted by molar-refractivity contribution is 5.93.